The van der Waals surface area contributed by atoms with Crippen molar-refractivity contribution in [2.24, 2.45) is 10.4 Å². The fourth-order valence-corrected chi connectivity index (χ4v) is 2.66. The van der Waals surface area contributed by atoms with Gasteiger partial charge in [-0.3, -0.25) is 4.99 Å². The van der Waals surface area contributed by atoms with Crippen LogP contribution in [0.5, 0.6) is 0 Å². The molecule has 0 unspecified atom stereocenters. The van der Waals surface area contributed by atoms with E-state index in [0.29, 0.717) is 5.41 Å². The van der Waals surface area contributed by atoms with Crippen LogP contribution in [0.2, 0.25) is 0 Å². The molecule has 0 saturated carbocycles. The Bertz CT molecular complexity index is 480. The lowest BCUT2D eigenvalue weighted by atomic mass is 9.65. The molecule has 1 saturated heterocycles. The van der Waals surface area contributed by atoms with E-state index in [9.17, 15) is 0 Å². The van der Waals surface area contributed by atoms with Gasteiger partial charge in [0.1, 0.15) is 0 Å². The maximum Gasteiger partial charge on any atom is 0.194 e. The number of benzene rings is 1. The van der Waals surface area contributed by atoms with Crippen LogP contribution in [-0.4, -0.2) is 36.5 Å². The Kier molecular flexibility index (Phi) is 6.08. The van der Waals surface area contributed by atoms with Gasteiger partial charge in [-0.05, 0) is 25.8 Å². The Balaban J connectivity index is 0.00000220. The minimum Gasteiger partial charge on any atom is -0.356 e. The van der Waals surface area contributed by atoms with Gasteiger partial charge in [-0.15, -0.1) is 24.0 Å². The summed E-state index contributed by atoms with van der Waals surface area (Å²) < 4.78 is 0. The summed E-state index contributed by atoms with van der Waals surface area (Å²) >= 11 is 0. The number of nitrogens with one attached hydrogen (secondary N) is 1. The number of halogens is 1. The van der Waals surface area contributed by atoms with E-state index >= 15 is 0 Å². The predicted octanol–water partition coefficient (Wildman–Crippen LogP) is 3.54. The molecule has 0 atom stereocenters. The highest BCUT2D eigenvalue weighted by Gasteiger charge is 2.53. The van der Waals surface area contributed by atoms with E-state index in [0.717, 1.165) is 25.5 Å². The summed E-state index contributed by atoms with van der Waals surface area (Å²) in [7, 11) is 1.87. The zero-order chi connectivity index (χ0) is 14.8. The lowest BCUT2D eigenvalue weighted by molar-refractivity contribution is -0.0666. The highest BCUT2D eigenvalue weighted by molar-refractivity contribution is 14.0. The molecule has 118 valence electrons. The Morgan fingerprint density at radius 2 is 1.81 bits per heavy atom. The van der Waals surface area contributed by atoms with Crippen LogP contribution in [0.4, 0.5) is 0 Å². The first-order chi connectivity index (χ1) is 9.38. The van der Waals surface area contributed by atoms with Crippen molar-refractivity contribution in [3.63, 3.8) is 0 Å². The Hall–Kier alpha value is -0.780. The van der Waals surface area contributed by atoms with Gasteiger partial charge >= 0.3 is 0 Å². The van der Waals surface area contributed by atoms with E-state index in [2.05, 4.69) is 73.2 Å². The van der Waals surface area contributed by atoms with Crippen molar-refractivity contribution in [3.05, 3.63) is 35.9 Å². The maximum atomic E-state index is 4.43. The van der Waals surface area contributed by atoms with Gasteiger partial charge in [-0.25, -0.2) is 0 Å². The van der Waals surface area contributed by atoms with E-state index in [1.807, 2.05) is 7.05 Å². The third kappa shape index (κ3) is 3.71. The Labute approximate surface area is 146 Å². The van der Waals surface area contributed by atoms with E-state index < -0.39 is 0 Å². The number of hydrogen-bond acceptors (Lipinski definition) is 1. The van der Waals surface area contributed by atoms with Crippen LogP contribution in [0.15, 0.2) is 35.3 Å². The number of likely N-dealkylation sites (tertiary alicyclic amines) is 1. The van der Waals surface area contributed by atoms with Crippen molar-refractivity contribution in [1.82, 2.24) is 10.2 Å². The van der Waals surface area contributed by atoms with Crippen LogP contribution < -0.4 is 5.32 Å². The minimum absolute atomic E-state index is 0. The monoisotopic (exact) mass is 401 g/mol. The summed E-state index contributed by atoms with van der Waals surface area (Å²) in [5, 5.41) is 3.49. The Morgan fingerprint density at radius 1 is 1.19 bits per heavy atom. The number of rotatable bonds is 3. The number of guanidine groups is 1. The van der Waals surface area contributed by atoms with Crippen molar-refractivity contribution < 1.29 is 0 Å². The molecule has 0 aliphatic carbocycles. The summed E-state index contributed by atoms with van der Waals surface area (Å²) in [5.74, 6) is 1.02. The molecule has 1 fully saturated rings. The molecule has 0 bridgehead atoms. The number of nitrogens with zero attached hydrogens (tertiary/aromatic N) is 2. The van der Waals surface area contributed by atoms with Crippen molar-refractivity contribution in [3.8, 4) is 0 Å². The predicted molar refractivity (Wildman–Crippen MR) is 101 cm³/mol. The second kappa shape index (κ2) is 6.99. The quantitative estimate of drug-likeness (QED) is 0.477. The smallest absolute Gasteiger partial charge is 0.194 e. The highest BCUT2D eigenvalue weighted by Crippen LogP contribution is 2.46. The summed E-state index contributed by atoms with van der Waals surface area (Å²) in [4.78, 5) is 6.81. The van der Waals surface area contributed by atoms with Gasteiger partial charge in [0, 0.05) is 31.1 Å². The molecular weight excluding hydrogens is 373 g/mol. The first-order valence-electron chi connectivity index (χ1n) is 7.41. The van der Waals surface area contributed by atoms with E-state index in [1.165, 1.54) is 5.56 Å². The van der Waals surface area contributed by atoms with Gasteiger partial charge in [-0.2, -0.15) is 0 Å². The lowest BCUT2D eigenvalue weighted by Gasteiger charge is -2.62. The molecule has 21 heavy (non-hydrogen) atoms. The summed E-state index contributed by atoms with van der Waals surface area (Å²) in [6.07, 6.45) is 1.03. The normalized spacial score (nSPS) is 19.5. The zero-order valence-electron chi connectivity index (χ0n) is 13.8. The van der Waals surface area contributed by atoms with Gasteiger partial charge in [0.2, 0.25) is 0 Å². The molecule has 1 aliphatic rings. The van der Waals surface area contributed by atoms with Crippen molar-refractivity contribution >= 4 is 29.9 Å². The molecule has 0 amide bonds. The van der Waals surface area contributed by atoms with Gasteiger partial charge in [0.15, 0.2) is 5.96 Å². The molecule has 1 aliphatic heterocycles. The maximum absolute atomic E-state index is 4.43. The summed E-state index contributed by atoms with van der Waals surface area (Å²) in [6.45, 7) is 11.2. The molecule has 2 rings (SSSR count). The van der Waals surface area contributed by atoms with Gasteiger partial charge in [0.05, 0.1) is 0 Å². The van der Waals surface area contributed by atoms with Crippen molar-refractivity contribution in [2.45, 2.75) is 39.7 Å². The molecule has 0 spiro atoms. The fourth-order valence-electron chi connectivity index (χ4n) is 2.66. The molecule has 4 heteroatoms. The van der Waals surface area contributed by atoms with Crippen LogP contribution in [0.25, 0.3) is 0 Å². The van der Waals surface area contributed by atoms with E-state index in [1.54, 1.807) is 0 Å². The molecule has 1 N–H and O–H groups in total. The van der Waals surface area contributed by atoms with Gasteiger partial charge < -0.3 is 10.2 Å². The van der Waals surface area contributed by atoms with Gasteiger partial charge in [0.25, 0.3) is 0 Å². The van der Waals surface area contributed by atoms with Gasteiger partial charge in [-0.1, -0.05) is 44.2 Å². The number of aliphatic imine (C=N–C) groups is 1. The van der Waals surface area contributed by atoms with Crippen LogP contribution in [0, 0.1) is 5.41 Å². The van der Waals surface area contributed by atoms with E-state index in [4.69, 9.17) is 0 Å². The largest absolute Gasteiger partial charge is 0.356 e. The second-order valence-electron chi connectivity index (χ2n) is 6.74. The minimum atomic E-state index is 0. The summed E-state index contributed by atoms with van der Waals surface area (Å²) in [6, 6.07) is 10.6. The molecule has 1 heterocycles. The van der Waals surface area contributed by atoms with Crippen LogP contribution in [0.1, 0.15) is 33.3 Å². The molecule has 1 aromatic rings. The SMILES string of the molecule is CN=C(NCCc1ccccc1)N1CC(C)(C)C1(C)C.I. The highest BCUT2D eigenvalue weighted by atomic mass is 127. The average molecular weight is 401 g/mol. The second-order valence-corrected chi connectivity index (χ2v) is 6.74. The van der Waals surface area contributed by atoms with Crippen molar-refractivity contribution in [1.29, 1.82) is 0 Å². The first-order valence-corrected chi connectivity index (χ1v) is 7.41. The number of hydrogen-bond donors (Lipinski definition) is 1. The molecule has 3 nitrogen and oxygen atoms in total. The fraction of sp³-hybridized carbons (Fsp3) is 0.588. The van der Waals surface area contributed by atoms with E-state index in [-0.39, 0.29) is 29.5 Å². The van der Waals surface area contributed by atoms with Crippen LogP contribution >= 0.6 is 24.0 Å². The first kappa shape index (κ1) is 18.3. The van der Waals surface area contributed by atoms with Crippen LogP contribution in [-0.2, 0) is 6.42 Å². The standard InChI is InChI=1S/C17H27N3.HI/c1-16(2)13-20(17(16,3)4)15(18-5)19-12-11-14-9-7-6-8-10-14;/h6-10H,11-13H2,1-5H3,(H,18,19);1H. The lowest BCUT2D eigenvalue weighted by Crippen LogP contribution is -2.72. The molecule has 0 aromatic heterocycles. The third-order valence-corrected chi connectivity index (χ3v) is 4.89. The zero-order valence-corrected chi connectivity index (χ0v) is 16.1. The summed E-state index contributed by atoms with van der Waals surface area (Å²) in [5.41, 5.74) is 1.85. The third-order valence-electron chi connectivity index (χ3n) is 4.89. The molecular formula is C17H28IN3. The average Bonchev–Trinajstić information content (AvgIpc) is 2.43. The Morgan fingerprint density at radius 3 is 2.29 bits per heavy atom. The van der Waals surface area contributed by atoms with Crippen LogP contribution in [0.3, 0.4) is 0 Å². The molecule has 0 radical (unpaired) electrons. The topological polar surface area (TPSA) is 27.6 Å². The molecule has 1 aromatic carbocycles. The van der Waals surface area contributed by atoms with Crippen molar-refractivity contribution in [2.75, 3.05) is 20.1 Å².